The van der Waals surface area contributed by atoms with Crippen LogP contribution in [0, 0.1) is 0 Å². The van der Waals surface area contributed by atoms with Gasteiger partial charge in [-0.25, -0.2) is 4.98 Å². The first-order valence-corrected chi connectivity index (χ1v) is 7.11. The van der Waals surface area contributed by atoms with Gasteiger partial charge in [0.25, 0.3) is 0 Å². The van der Waals surface area contributed by atoms with Crippen LogP contribution in [-0.4, -0.2) is 10.1 Å². The summed E-state index contributed by atoms with van der Waals surface area (Å²) in [6.07, 6.45) is 4.08. The van der Waals surface area contributed by atoms with Crippen LogP contribution in [0.1, 0.15) is 42.4 Å². The molecule has 0 radical (unpaired) electrons. The van der Waals surface area contributed by atoms with E-state index in [1.165, 1.54) is 5.56 Å². The smallest absolute Gasteiger partial charge is 0.123 e. The van der Waals surface area contributed by atoms with E-state index in [1.807, 2.05) is 24.3 Å². The molecule has 3 nitrogen and oxygen atoms in total. The van der Waals surface area contributed by atoms with E-state index in [1.54, 1.807) is 6.20 Å². The highest BCUT2D eigenvalue weighted by Crippen LogP contribution is 2.42. The second-order valence-corrected chi connectivity index (χ2v) is 5.82. The first-order valence-electron chi connectivity index (χ1n) is 7.11. The second kappa shape index (κ2) is 4.91. The second-order valence-electron chi connectivity index (χ2n) is 5.82. The molecule has 0 bridgehead atoms. The average molecular weight is 268 g/mol. The van der Waals surface area contributed by atoms with Gasteiger partial charge in [0.15, 0.2) is 0 Å². The number of anilines is 1. The van der Waals surface area contributed by atoms with Crippen molar-refractivity contribution in [2.75, 3.05) is 5.73 Å². The third kappa shape index (κ3) is 2.29. The minimum atomic E-state index is -0.795. The van der Waals surface area contributed by atoms with Gasteiger partial charge in [-0.3, -0.25) is 0 Å². The molecule has 1 aliphatic carbocycles. The van der Waals surface area contributed by atoms with Crippen LogP contribution in [0.2, 0.25) is 0 Å². The maximum absolute atomic E-state index is 11.1. The Morgan fingerprint density at radius 1 is 1.35 bits per heavy atom. The molecule has 0 aliphatic heterocycles. The van der Waals surface area contributed by atoms with Gasteiger partial charge in [0.1, 0.15) is 5.82 Å². The standard InChI is InChI=1S/C17H20N2O/c1-12-6-8-17(20,15-5-3-2-4-14(12)15)11-13-7-9-19-16(18)10-13/h2-5,7,9-10,12,20H,6,8,11H2,1H3,(H2,18,19). The molecule has 2 unspecified atom stereocenters. The molecule has 2 atom stereocenters. The van der Waals surface area contributed by atoms with E-state index in [9.17, 15) is 5.11 Å². The minimum Gasteiger partial charge on any atom is -0.385 e. The van der Waals surface area contributed by atoms with Gasteiger partial charge in [0, 0.05) is 12.6 Å². The number of aromatic nitrogens is 1. The zero-order valence-electron chi connectivity index (χ0n) is 11.7. The summed E-state index contributed by atoms with van der Waals surface area (Å²) in [6.45, 7) is 2.23. The predicted octanol–water partition coefficient (Wildman–Crippen LogP) is 2.99. The van der Waals surface area contributed by atoms with Crippen LogP contribution < -0.4 is 5.73 Å². The van der Waals surface area contributed by atoms with Gasteiger partial charge in [-0.15, -0.1) is 0 Å². The SMILES string of the molecule is CC1CCC(O)(Cc2ccnc(N)c2)c2ccccc21. The number of rotatable bonds is 2. The molecular weight excluding hydrogens is 248 g/mol. The van der Waals surface area contributed by atoms with E-state index < -0.39 is 5.60 Å². The van der Waals surface area contributed by atoms with Crippen LogP contribution in [-0.2, 0) is 12.0 Å². The van der Waals surface area contributed by atoms with Crippen LogP contribution in [0.25, 0.3) is 0 Å². The molecule has 1 aromatic carbocycles. The van der Waals surface area contributed by atoms with Crippen molar-refractivity contribution in [1.82, 2.24) is 4.98 Å². The summed E-state index contributed by atoms with van der Waals surface area (Å²) in [5.41, 5.74) is 8.30. The molecule has 0 saturated heterocycles. The molecule has 20 heavy (non-hydrogen) atoms. The van der Waals surface area contributed by atoms with E-state index in [0.29, 0.717) is 18.2 Å². The third-order valence-corrected chi connectivity index (χ3v) is 4.33. The van der Waals surface area contributed by atoms with Crippen LogP contribution in [0.5, 0.6) is 0 Å². The van der Waals surface area contributed by atoms with Gasteiger partial charge in [-0.05, 0) is 47.6 Å². The lowest BCUT2D eigenvalue weighted by Crippen LogP contribution is -2.34. The zero-order chi connectivity index (χ0) is 14.2. The number of pyridine rings is 1. The summed E-state index contributed by atoms with van der Waals surface area (Å²) in [5, 5.41) is 11.1. The van der Waals surface area contributed by atoms with Crippen molar-refractivity contribution in [3.8, 4) is 0 Å². The van der Waals surface area contributed by atoms with E-state index in [0.717, 1.165) is 24.0 Å². The monoisotopic (exact) mass is 268 g/mol. The molecule has 3 rings (SSSR count). The number of aliphatic hydroxyl groups is 1. The van der Waals surface area contributed by atoms with Crippen molar-refractivity contribution in [3.05, 3.63) is 59.3 Å². The number of nitrogens with zero attached hydrogens (tertiary/aromatic N) is 1. The molecule has 104 valence electrons. The average Bonchev–Trinajstić information content (AvgIpc) is 2.44. The fourth-order valence-electron chi connectivity index (χ4n) is 3.22. The molecule has 3 N–H and O–H groups in total. The Labute approximate surface area is 119 Å². The van der Waals surface area contributed by atoms with Crippen LogP contribution in [0.3, 0.4) is 0 Å². The lowest BCUT2D eigenvalue weighted by atomic mass is 9.72. The summed E-state index contributed by atoms with van der Waals surface area (Å²) in [5.74, 6) is 1.01. The molecule has 0 amide bonds. The maximum atomic E-state index is 11.1. The van der Waals surface area contributed by atoms with Crippen molar-refractivity contribution in [3.63, 3.8) is 0 Å². The van der Waals surface area contributed by atoms with E-state index in [2.05, 4.69) is 24.0 Å². The molecule has 0 spiro atoms. The Morgan fingerprint density at radius 3 is 2.95 bits per heavy atom. The van der Waals surface area contributed by atoms with Gasteiger partial charge in [0.2, 0.25) is 0 Å². The summed E-state index contributed by atoms with van der Waals surface area (Å²) >= 11 is 0. The first-order chi connectivity index (χ1) is 9.58. The number of nitrogen functional groups attached to an aromatic ring is 1. The Hall–Kier alpha value is -1.87. The first kappa shape index (κ1) is 13.1. The number of benzene rings is 1. The van der Waals surface area contributed by atoms with Crippen LogP contribution in [0.4, 0.5) is 5.82 Å². The summed E-state index contributed by atoms with van der Waals surface area (Å²) in [7, 11) is 0. The highest BCUT2D eigenvalue weighted by atomic mass is 16.3. The molecule has 2 aromatic rings. The fourth-order valence-corrected chi connectivity index (χ4v) is 3.22. The van der Waals surface area contributed by atoms with Crippen molar-refractivity contribution >= 4 is 5.82 Å². The van der Waals surface area contributed by atoms with Crippen LogP contribution in [0.15, 0.2) is 42.6 Å². The van der Waals surface area contributed by atoms with Gasteiger partial charge in [-0.2, -0.15) is 0 Å². The van der Waals surface area contributed by atoms with E-state index in [-0.39, 0.29) is 0 Å². The van der Waals surface area contributed by atoms with Gasteiger partial charge in [-0.1, -0.05) is 31.2 Å². The lowest BCUT2D eigenvalue weighted by Gasteiger charge is -2.37. The molecule has 1 aliphatic rings. The Bertz CT molecular complexity index is 626. The number of hydrogen-bond acceptors (Lipinski definition) is 3. The molecule has 0 saturated carbocycles. The van der Waals surface area contributed by atoms with E-state index in [4.69, 9.17) is 5.73 Å². The quantitative estimate of drug-likeness (QED) is 0.880. The Kier molecular flexibility index (Phi) is 3.22. The van der Waals surface area contributed by atoms with Crippen LogP contribution >= 0.6 is 0 Å². The number of hydrogen-bond donors (Lipinski definition) is 2. The van der Waals surface area contributed by atoms with Gasteiger partial charge < -0.3 is 10.8 Å². The third-order valence-electron chi connectivity index (χ3n) is 4.33. The summed E-state index contributed by atoms with van der Waals surface area (Å²) < 4.78 is 0. The summed E-state index contributed by atoms with van der Waals surface area (Å²) in [6, 6.07) is 12.0. The van der Waals surface area contributed by atoms with Crippen molar-refractivity contribution < 1.29 is 5.11 Å². The molecule has 1 aromatic heterocycles. The summed E-state index contributed by atoms with van der Waals surface area (Å²) in [4.78, 5) is 4.01. The molecule has 1 heterocycles. The normalized spacial score (nSPS) is 25.2. The van der Waals surface area contributed by atoms with Crippen molar-refractivity contribution in [1.29, 1.82) is 0 Å². The fraction of sp³-hybridized carbons (Fsp3) is 0.353. The molecule has 3 heteroatoms. The number of nitrogens with two attached hydrogens (primary N) is 1. The molecular formula is C17H20N2O. The van der Waals surface area contributed by atoms with Gasteiger partial charge in [0.05, 0.1) is 5.60 Å². The Balaban J connectivity index is 1.98. The largest absolute Gasteiger partial charge is 0.385 e. The molecule has 0 fully saturated rings. The van der Waals surface area contributed by atoms with Crippen molar-refractivity contribution in [2.45, 2.75) is 37.7 Å². The number of fused-ring (bicyclic) bond motifs is 1. The Morgan fingerprint density at radius 2 is 2.15 bits per heavy atom. The zero-order valence-corrected chi connectivity index (χ0v) is 11.7. The minimum absolute atomic E-state index is 0.503. The predicted molar refractivity (Wildman–Crippen MR) is 80.3 cm³/mol. The van der Waals surface area contributed by atoms with Crippen molar-refractivity contribution in [2.24, 2.45) is 0 Å². The lowest BCUT2D eigenvalue weighted by molar-refractivity contribution is 0.0159. The maximum Gasteiger partial charge on any atom is 0.123 e. The van der Waals surface area contributed by atoms with E-state index >= 15 is 0 Å². The van der Waals surface area contributed by atoms with Gasteiger partial charge >= 0.3 is 0 Å². The highest BCUT2D eigenvalue weighted by Gasteiger charge is 2.36. The topological polar surface area (TPSA) is 59.1 Å². The highest BCUT2D eigenvalue weighted by molar-refractivity contribution is 5.40.